The first-order chi connectivity index (χ1) is 6.22. The van der Waals surface area contributed by atoms with Crippen molar-refractivity contribution in [3.05, 3.63) is 22.7 Å². The molecule has 0 radical (unpaired) electrons. The molecule has 0 aromatic heterocycles. The fourth-order valence-electron chi connectivity index (χ4n) is 0.975. The molecule has 0 bridgehead atoms. The highest BCUT2D eigenvalue weighted by Crippen LogP contribution is 2.31. The van der Waals surface area contributed by atoms with Crippen molar-refractivity contribution in [1.82, 2.24) is 0 Å². The van der Waals surface area contributed by atoms with Crippen LogP contribution in [0.15, 0.2) is 12.1 Å². The van der Waals surface area contributed by atoms with Crippen LogP contribution in [0.5, 0.6) is 11.5 Å². The van der Waals surface area contributed by atoms with Gasteiger partial charge in [-0.25, -0.2) is 0 Å². The molecule has 0 heterocycles. The van der Waals surface area contributed by atoms with Gasteiger partial charge in [-0.3, -0.25) is 4.79 Å². The Balaban J connectivity index is 3.26. The maximum absolute atomic E-state index is 10.6. The fourth-order valence-corrected chi connectivity index (χ4v) is 1.22. The summed E-state index contributed by atoms with van der Waals surface area (Å²) in [6.07, 6.45) is 0.685. The average Bonchev–Trinajstić information content (AvgIpc) is 2.17. The van der Waals surface area contributed by atoms with Crippen LogP contribution in [-0.2, 0) is 0 Å². The number of ether oxygens (including phenoxy) is 2. The third-order valence-electron chi connectivity index (χ3n) is 1.63. The smallest absolute Gasteiger partial charge is 0.153 e. The van der Waals surface area contributed by atoms with Crippen LogP contribution in [0.2, 0.25) is 5.02 Å². The molecule has 1 aromatic rings. The molecule has 1 rings (SSSR count). The quantitative estimate of drug-likeness (QED) is 0.702. The highest BCUT2D eigenvalue weighted by Gasteiger charge is 2.08. The van der Waals surface area contributed by atoms with E-state index < -0.39 is 0 Å². The maximum Gasteiger partial charge on any atom is 0.153 e. The van der Waals surface area contributed by atoms with Crippen molar-refractivity contribution >= 4 is 17.9 Å². The normalized spacial score (nSPS) is 9.46. The van der Waals surface area contributed by atoms with Crippen LogP contribution in [-0.4, -0.2) is 20.5 Å². The molecule has 0 saturated heterocycles. The Morgan fingerprint density at radius 2 is 1.85 bits per heavy atom. The molecule has 13 heavy (non-hydrogen) atoms. The molecule has 0 aliphatic carbocycles. The minimum atomic E-state index is 0.394. The van der Waals surface area contributed by atoms with Crippen LogP contribution in [0.25, 0.3) is 0 Å². The van der Waals surface area contributed by atoms with Gasteiger partial charge in [0.1, 0.15) is 11.5 Å². The molecule has 0 N–H and O–H groups in total. The lowest BCUT2D eigenvalue weighted by Gasteiger charge is -2.07. The van der Waals surface area contributed by atoms with Crippen molar-refractivity contribution in [2.75, 3.05) is 14.2 Å². The molecule has 0 atom stereocenters. The van der Waals surface area contributed by atoms with Gasteiger partial charge in [0.05, 0.1) is 24.8 Å². The summed E-state index contributed by atoms with van der Waals surface area (Å²) in [7, 11) is 2.98. The zero-order valence-corrected chi connectivity index (χ0v) is 8.09. The first-order valence-corrected chi connectivity index (χ1v) is 3.97. The van der Waals surface area contributed by atoms with Gasteiger partial charge in [-0.1, -0.05) is 11.6 Å². The van der Waals surface area contributed by atoms with Crippen LogP contribution in [0, 0.1) is 0 Å². The lowest BCUT2D eigenvalue weighted by molar-refractivity contribution is 0.112. The van der Waals surface area contributed by atoms with Crippen LogP contribution in [0.1, 0.15) is 10.4 Å². The second-order valence-corrected chi connectivity index (χ2v) is 2.75. The highest BCUT2D eigenvalue weighted by atomic mass is 35.5. The van der Waals surface area contributed by atoms with Crippen LogP contribution >= 0.6 is 11.6 Å². The second kappa shape index (κ2) is 4.14. The monoisotopic (exact) mass is 200 g/mol. The molecule has 3 nitrogen and oxygen atoms in total. The van der Waals surface area contributed by atoms with Crippen molar-refractivity contribution in [1.29, 1.82) is 0 Å². The van der Waals surface area contributed by atoms with Gasteiger partial charge in [0, 0.05) is 6.07 Å². The molecule has 0 saturated carbocycles. The summed E-state index contributed by atoms with van der Waals surface area (Å²) in [5, 5.41) is 0.394. The molecule has 0 amide bonds. The standard InChI is InChI=1S/C9H9ClO3/c1-12-8-4-9(13-2)7(10)3-6(8)5-11/h3-5H,1-2H3. The number of carbonyl (C=O) groups excluding carboxylic acids is 1. The van der Waals surface area contributed by atoms with Gasteiger partial charge >= 0.3 is 0 Å². The Labute approximate surface area is 81.2 Å². The number of halogens is 1. The Morgan fingerprint density at radius 3 is 2.31 bits per heavy atom. The van der Waals surface area contributed by atoms with E-state index in [1.54, 1.807) is 6.07 Å². The Hall–Kier alpha value is -1.22. The van der Waals surface area contributed by atoms with E-state index in [4.69, 9.17) is 21.1 Å². The lowest BCUT2D eigenvalue weighted by Crippen LogP contribution is -1.93. The maximum atomic E-state index is 10.6. The molecule has 0 aliphatic heterocycles. The minimum Gasteiger partial charge on any atom is -0.496 e. The van der Waals surface area contributed by atoms with E-state index in [-0.39, 0.29) is 0 Å². The van der Waals surface area contributed by atoms with Crippen molar-refractivity contribution in [3.63, 3.8) is 0 Å². The molecular weight excluding hydrogens is 192 g/mol. The summed E-state index contributed by atoms with van der Waals surface area (Å²) in [5.74, 6) is 0.945. The first-order valence-electron chi connectivity index (χ1n) is 3.59. The van der Waals surface area contributed by atoms with E-state index in [1.165, 1.54) is 20.3 Å². The van der Waals surface area contributed by atoms with Gasteiger partial charge in [-0.15, -0.1) is 0 Å². The van der Waals surface area contributed by atoms with Crippen molar-refractivity contribution in [3.8, 4) is 11.5 Å². The van der Waals surface area contributed by atoms with Gasteiger partial charge < -0.3 is 9.47 Å². The number of methoxy groups -OCH3 is 2. The molecule has 0 aliphatic rings. The first kappa shape index (κ1) is 9.86. The predicted molar refractivity (Wildman–Crippen MR) is 49.9 cm³/mol. The lowest BCUT2D eigenvalue weighted by atomic mass is 10.2. The van der Waals surface area contributed by atoms with Crippen molar-refractivity contribution < 1.29 is 14.3 Å². The summed E-state index contributed by atoms with van der Waals surface area (Å²) in [6.45, 7) is 0. The molecule has 0 spiro atoms. The van der Waals surface area contributed by atoms with Gasteiger partial charge in [0.25, 0.3) is 0 Å². The van der Waals surface area contributed by atoms with Gasteiger partial charge in [-0.2, -0.15) is 0 Å². The van der Waals surface area contributed by atoms with E-state index >= 15 is 0 Å². The number of carbonyl (C=O) groups is 1. The van der Waals surface area contributed by atoms with Crippen molar-refractivity contribution in [2.45, 2.75) is 0 Å². The van der Waals surface area contributed by atoms with E-state index in [2.05, 4.69) is 0 Å². The molecule has 4 heteroatoms. The molecule has 1 aromatic carbocycles. The number of rotatable bonds is 3. The van der Waals surface area contributed by atoms with E-state index in [9.17, 15) is 4.79 Å². The van der Waals surface area contributed by atoms with Gasteiger partial charge in [-0.05, 0) is 6.07 Å². The van der Waals surface area contributed by atoms with E-state index in [0.717, 1.165) is 0 Å². The van der Waals surface area contributed by atoms with E-state index in [0.29, 0.717) is 28.4 Å². The van der Waals surface area contributed by atoms with Gasteiger partial charge in [0.15, 0.2) is 6.29 Å². The summed E-state index contributed by atoms with van der Waals surface area (Å²) < 4.78 is 9.92. The summed E-state index contributed by atoms with van der Waals surface area (Å²) in [6, 6.07) is 3.08. The Morgan fingerprint density at radius 1 is 1.23 bits per heavy atom. The second-order valence-electron chi connectivity index (χ2n) is 2.35. The summed E-state index contributed by atoms with van der Waals surface area (Å²) in [4.78, 5) is 10.6. The molecule has 0 fully saturated rings. The van der Waals surface area contributed by atoms with Crippen LogP contribution < -0.4 is 9.47 Å². The van der Waals surface area contributed by atoms with Crippen LogP contribution in [0.4, 0.5) is 0 Å². The van der Waals surface area contributed by atoms with E-state index in [1.807, 2.05) is 0 Å². The zero-order chi connectivity index (χ0) is 9.84. The number of hydrogen-bond acceptors (Lipinski definition) is 3. The largest absolute Gasteiger partial charge is 0.496 e. The molecular formula is C9H9ClO3. The minimum absolute atomic E-state index is 0.394. The summed E-state index contributed by atoms with van der Waals surface area (Å²) >= 11 is 5.80. The Bertz CT molecular complexity index is 323. The Kier molecular flexibility index (Phi) is 3.14. The predicted octanol–water partition coefficient (Wildman–Crippen LogP) is 2.17. The van der Waals surface area contributed by atoms with Gasteiger partial charge in [0.2, 0.25) is 0 Å². The van der Waals surface area contributed by atoms with Crippen molar-refractivity contribution in [2.24, 2.45) is 0 Å². The topological polar surface area (TPSA) is 35.5 Å². The summed E-state index contributed by atoms with van der Waals surface area (Å²) in [5.41, 5.74) is 0.410. The third-order valence-corrected chi connectivity index (χ3v) is 1.93. The molecule has 70 valence electrons. The number of benzene rings is 1. The SMILES string of the molecule is COc1cc(OC)c(C=O)cc1Cl. The zero-order valence-electron chi connectivity index (χ0n) is 7.33. The fraction of sp³-hybridized carbons (Fsp3) is 0.222. The third kappa shape index (κ3) is 1.92. The number of aldehydes is 1. The van der Waals surface area contributed by atoms with Crippen LogP contribution in [0.3, 0.4) is 0 Å². The molecule has 0 unspecified atom stereocenters. The average molecular weight is 201 g/mol. The highest BCUT2D eigenvalue weighted by molar-refractivity contribution is 6.32. The number of hydrogen-bond donors (Lipinski definition) is 0.